The highest BCUT2D eigenvalue weighted by molar-refractivity contribution is 5.21. The van der Waals surface area contributed by atoms with Gasteiger partial charge in [0.2, 0.25) is 0 Å². The maximum absolute atomic E-state index is 13.8. The summed E-state index contributed by atoms with van der Waals surface area (Å²) in [6.45, 7) is 0. The van der Waals surface area contributed by atoms with Crippen molar-refractivity contribution in [1.29, 1.82) is 0 Å². The topological polar surface area (TPSA) is 20.2 Å². The molecule has 1 N–H and O–H groups in total. The van der Waals surface area contributed by atoms with Crippen molar-refractivity contribution in [3.8, 4) is 0 Å². The molecule has 1 unspecified atom stereocenters. The fourth-order valence-electron chi connectivity index (χ4n) is 2.42. The Labute approximate surface area is 181 Å². The lowest BCUT2D eigenvalue weighted by Crippen LogP contribution is -2.74. The molecule has 0 saturated heterocycles. The molecule has 0 amide bonds. The van der Waals surface area contributed by atoms with Crippen molar-refractivity contribution in [2.75, 3.05) is 0 Å². The van der Waals surface area contributed by atoms with Gasteiger partial charge >= 0.3 is 47.6 Å². The Kier molecular flexibility index (Phi) is 7.52. The van der Waals surface area contributed by atoms with E-state index in [1.165, 1.54) is 0 Å². The van der Waals surface area contributed by atoms with Crippen LogP contribution in [0.3, 0.4) is 0 Å². The number of benzene rings is 1. The van der Waals surface area contributed by atoms with E-state index >= 15 is 0 Å². The van der Waals surface area contributed by atoms with Crippen LogP contribution in [0, 0.1) is 5.82 Å². The average Bonchev–Trinajstić information content (AvgIpc) is 2.65. The summed E-state index contributed by atoms with van der Waals surface area (Å²) in [4.78, 5) is 0. The van der Waals surface area contributed by atoms with E-state index in [9.17, 15) is 84.1 Å². The number of halogens is 18. The molecule has 0 aliphatic heterocycles. The van der Waals surface area contributed by atoms with Crippen LogP contribution >= 0.6 is 0 Å². The van der Waals surface area contributed by atoms with Crippen molar-refractivity contribution in [3.63, 3.8) is 0 Å². The van der Waals surface area contributed by atoms with Gasteiger partial charge < -0.3 is 5.11 Å². The van der Waals surface area contributed by atoms with Gasteiger partial charge in [-0.15, -0.1) is 0 Å². The molecule has 0 bridgehead atoms. The maximum atomic E-state index is 13.8. The zero-order valence-electron chi connectivity index (χ0n) is 15.8. The summed E-state index contributed by atoms with van der Waals surface area (Å²) < 4.78 is 237. The number of aliphatic hydroxyl groups excluding tert-OH is 1. The molecule has 0 saturated carbocycles. The van der Waals surface area contributed by atoms with Gasteiger partial charge in [-0.1, -0.05) is 18.2 Å². The SMILES string of the molecule is OC(CC(F)(F)C(F)(F)C(F)(F)C(F)(F)C(F)(F)C(F)(F)C(F)(F)C(F)(F)F)c1ccccc1F. The van der Waals surface area contributed by atoms with E-state index in [0.29, 0.717) is 12.1 Å². The van der Waals surface area contributed by atoms with E-state index in [4.69, 9.17) is 0 Å². The van der Waals surface area contributed by atoms with Crippen LogP contribution in [-0.2, 0) is 0 Å². The minimum absolute atomic E-state index is 0.384. The summed E-state index contributed by atoms with van der Waals surface area (Å²) in [5, 5.41) is 9.38. The molecule has 35 heavy (non-hydrogen) atoms. The van der Waals surface area contributed by atoms with Crippen molar-refractivity contribution < 1.29 is 84.1 Å². The molecule has 0 aromatic heterocycles. The van der Waals surface area contributed by atoms with Crippen molar-refractivity contribution in [1.82, 2.24) is 0 Å². The third-order valence-electron chi connectivity index (χ3n) is 4.50. The second-order valence-corrected chi connectivity index (χ2v) is 6.89. The van der Waals surface area contributed by atoms with Gasteiger partial charge in [0.1, 0.15) is 5.82 Å². The first-order chi connectivity index (χ1) is 15.1. The lowest BCUT2D eigenvalue weighted by molar-refractivity contribution is -0.462. The molecule has 1 atom stereocenters. The lowest BCUT2D eigenvalue weighted by atomic mass is 9.87. The van der Waals surface area contributed by atoms with Gasteiger partial charge in [-0.3, -0.25) is 0 Å². The Morgan fingerprint density at radius 2 is 0.886 bits per heavy atom. The molecule has 0 heterocycles. The monoisotopic (exact) mass is 558 g/mol. The normalized spacial score (nSPS) is 16.4. The second-order valence-electron chi connectivity index (χ2n) is 6.89. The summed E-state index contributed by atoms with van der Waals surface area (Å²) in [5.41, 5.74) is -1.35. The Balaban J connectivity index is 3.56. The first-order valence-corrected chi connectivity index (χ1v) is 8.29. The standard InChI is InChI=1S/C16H8F18O/c17-7-4-2-1-3-6(7)8(35)5-9(18,19)10(20,21)11(22,23)12(24,25)13(26,27)14(28,29)15(30,31)16(32,33)34/h1-4,8,35H,5H2. The summed E-state index contributed by atoms with van der Waals surface area (Å²) in [6, 6.07) is 2.35. The molecule has 1 nitrogen and oxygen atoms in total. The van der Waals surface area contributed by atoms with Gasteiger partial charge in [0.15, 0.2) is 0 Å². The Morgan fingerprint density at radius 1 is 0.543 bits per heavy atom. The van der Waals surface area contributed by atoms with Gasteiger partial charge in [0, 0.05) is 12.0 Å². The summed E-state index contributed by atoms with van der Waals surface area (Å²) in [6.07, 6.45) is -14.2. The largest absolute Gasteiger partial charge is 0.460 e. The van der Waals surface area contributed by atoms with Gasteiger partial charge in [-0.25, -0.2) is 4.39 Å². The zero-order valence-corrected chi connectivity index (χ0v) is 15.8. The molecular formula is C16H8F18O. The van der Waals surface area contributed by atoms with E-state index < -0.39 is 71.5 Å². The highest BCUT2D eigenvalue weighted by Gasteiger charge is 2.95. The lowest BCUT2D eigenvalue weighted by Gasteiger charge is -2.43. The van der Waals surface area contributed by atoms with Crippen LogP contribution in [0.1, 0.15) is 18.1 Å². The van der Waals surface area contributed by atoms with Crippen molar-refractivity contribution in [2.45, 2.75) is 60.2 Å². The fraction of sp³-hybridized carbons (Fsp3) is 0.625. The molecule has 1 rings (SSSR count). The smallest absolute Gasteiger partial charge is 0.388 e. The van der Waals surface area contributed by atoms with E-state index in [1.54, 1.807) is 0 Å². The molecule has 1 aromatic carbocycles. The van der Waals surface area contributed by atoms with E-state index in [0.717, 1.165) is 12.1 Å². The Morgan fingerprint density at radius 3 is 1.26 bits per heavy atom. The predicted molar refractivity (Wildman–Crippen MR) is 76.7 cm³/mol. The molecule has 0 fully saturated rings. The first kappa shape index (κ1) is 31.0. The van der Waals surface area contributed by atoms with Gasteiger partial charge in [-0.05, 0) is 6.07 Å². The van der Waals surface area contributed by atoms with E-state index in [2.05, 4.69) is 0 Å². The Hall–Kier alpha value is -2.08. The minimum atomic E-state index is -8.73. The molecule has 0 aliphatic carbocycles. The minimum Gasteiger partial charge on any atom is -0.388 e. The molecule has 0 radical (unpaired) electrons. The van der Waals surface area contributed by atoms with Gasteiger partial charge in [-0.2, -0.15) is 74.6 Å². The van der Waals surface area contributed by atoms with Crippen molar-refractivity contribution >= 4 is 0 Å². The quantitative estimate of drug-likeness (QED) is 0.317. The summed E-state index contributed by atoms with van der Waals surface area (Å²) in [7, 11) is 0. The van der Waals surface area contributed by atoms with Crippen LogP contribution in [0.5, 0.6) is 0 Å². The summed E-state index contributed by atoms with van der Waals surface area (Å²) >= 11 is 0. The van der Waals surface area contributed by atoms with Crippen LogP contribution in [0.4, 0.5) is 79.0 Å². The van der Waals surface area contributed by atoms with E-state index in [1.807, 2.05) is 0 Å². The molecule has 19 heteroatoms. The average molecular weight is 558 g/mol. The number of rotatable bonds is 9. The highest BCUT2D eigenvalue weighted by atomic mass is 19.4. The molecule has 0 spiro atoms. The molecule has 1 aromatic rings. The fourth-order valence-corrected chi connectivity index (χ4v) is 2.42. The Bertz CT molecular complexity index is 902. The first-order valence-electron chi connectivity index (χ1n) is 8.29. The third-order valence-corrected chi connectivity index (χ3v) is 4.50. The van der Waals surface area contributed by atoms with Crippen LogP contribution in [0.25, 0.3) is 0 Å². The second kappa shape index (κ2) is 8.50. The molecule has 0 aliphatic rings. The van der Waals surface area contributed by atoms with E-state index in [-0.39, 0.29) is 0 Å². The van der Waals surface area contributed by atoms with Crippen LogP contribution < -0.4 is 0 Å². The van der Waals surface area contributed by atoms with Crippen molar-refractivity contribution in [2.24, 2.45) is 0 Å². The molecular weight excluding hydrogens is 550 g/mol. The number of aliphatic hydroxyl groups is 1. The van der Waals surface area contributed by atoms with Crippen molar-refractivity contribution in [3.05, 3.63) is 35.6 Å². The third kappa shape index (κ3) is 4.36. The number of alkyl halides is 17. The van der Waals surface area contributed by atoms with Gasteiger partial charge in [0.25, 0.3) is 0 Å². The van der Waals surface area contributed by atoms with Crippen LogP contribution in [-0.4, -0.2) is 52.7 Å². The maximum Gasteiger partial charge on any atom is 0.460 e. The highest BCUT2D eigenvalue weighted by Crippen LogP contribution is 2.64. The summed E-state index contributed by atoms with van der Waals surface area (Å²) in [5.74, 6) is -59.1. The zero-order chi connectivity index (χ0) is 28.3. The van der Waals surface area contributed by atoms with Crippen LogP contribution in [0.15, 0.2) is 24.3 Å². The van der Waals surface area contributed by atoms with Crippen LogP contribution in [0.2, 0.25) is 0 Å². The predicted octanol–water partition coefficient (Wildman–Crippen LogP) is 7.26. The number of hydrogen-bond donors (Lipinski definition) is 1. The molecule has 204 valence electrons. The van der Waals surface area contributed by atoms with Gasteiger partial charge in [0.05, 0.1) is 6.10 Å². The number of hydrogen-bond acceptors (Lipinski definition) is 1.